The zero-order valence-electron chi connectivity index (χ0n) is 22.6. The molecule has 0 aliphatic heterocycles. The molecule has 4 aromatic rings. The largest absolute Gasteiger partial charge is 0.506 e. The van der Waals surface area contributed by atoms with Gasteiger partial charge in [0.1, 0.15) is 45.3 Å². The molecule has 2 N–H and O–H groups in total. The second-order valence-corrected chi connectivity index (χ2v) is 12.0. The van der Waals surface area contributed by atoms with Crippen molar-refractivity contribution in [2.45, 2.75) is 36.7 Å². The van der Waals surface area contributed by atoms with Gasteiger partial charge in [0, 0.05) is 22.3 Å². The van der Waals surface area contributed by atoms with Gasteiger partial charge in [0.25, 0.3) is 0 Å². The summed E-state index contributed by atoms with van der Waals surface area (Å²) in [4.78, 5) is 0. The summed E-state index contributed by atoms with van der Waals surface area (Å²) in [6.45, 7) is 2.02. The van der Waals surface area contributed by atoms with Crippen LogP contribution in [0, 0.1) is 37.1 Å². The Hall–Kier alpha value is -3.29. The molecule has 2 unspecified atom stereocenters. The number of phenolic OH excluding ortho intramolecular Hbond substituents is 2. The molecule has 0 radical (unpaired) electrons. The number of phenols is 2. The number of alkyl halides is 6. The maximum absolute atomic E-state index is 14.9. The van der Waals surface area contributed by atoms with E-state index >= 15 is 0 Å². The first-order chi connectivity index (χ1) is 20.7. The molecule has 0 saturated heterocycles. The summed E-state index contributed by atoms with van der Waals surface area (Å²) < 4.78 is 147. The van der Waals surface area contributed by atoms with Gasteiger partial charge in [-0.3, -0.25) is 0 Å². The number of aryl methyl sites for hydroxylation is 2. The summed E-state index contributed by atoms with van der Waals surface area (Å²) >= 11 is 10.6. The molecule has 0 bridgehead atoms. The van der Waals surface area contributed by atoms with Crippen LogP contribution < -0.4 is 0 Å². The average molecular weight is 703 g/mol. The maximum Gasteiger partial charge on any atom is 0.404 e. The van der Waals surface area contributed by atoms with E-state index in [9.17, 15) is 54.1 Å². The van der Waals surface area contributed by atoms with Gasteiger partial charge in [-0.2, -0.15) is 26.3 Å². The Morgan fingerprint density at radius 1 is 0.533 bits per heavy atom. The van der Waals surface area contributed by atoms with Crippen LogP contribution in [0.4, 0.5) is 43.9 Å². The minimum Gasteiger partial charge on any atom is -0.506 e. The third-order valence-electron chi connectivity index (χ3n) is 6.80. The molecule has 45 heavy (non-hydrogen) atoms. The first kappa shape index (κ1) is 34.6. The van der Waals surface area contributed by atoms with Crippen LogP contribution in [0.1, 0.15) is 32.8 Å². The molecule has 0 aromatic heterocycles. The molecule has 0 aliphatic carbocycles. The zero-order chi connectivity index (χ0) is 33.8. The summed E-state index contributed by atoms with van der Waals surface area (Å²) in [6, 6.07) is 4.69. The smallest absolute Gasteiger partial charge is 0.404 e. The normalized spacial score (nSPS) is 13.6. The number of thioether (sulfide) groups is 1. The molecule has 0 heterocycles. The van der Waals surface area contributed by atoms with Gasteiger partial charge in [-0.15, -0.1) is 11.8 Å². The van der Waals surface area contributed by atoms with Crippen molar-refractivity contribution in [2.75, 3.05) is 0 Å². The van der Waals surface area contributed by atoms with Crippen LogP contribution in [0.2, 0.25) is 10.0 Å². The Morgan fingerprint density at radius 3 is 1.13 bits per heavy atom. The number of hydrogen-bond acceptors (Lipinski definition) is 3. The molecule has 4 aromatic carbocycles. The number of hydrogen-bond donors (Lipinski definition) is 2. The minimum absolute atomic E-state index is 0.430. The Morgan fingerprint density at radius 2 is 0.822 bits per heavy atom. The van der Waals surface area contributed by atoms with Crippen molar-refractivity contribution < 1.29 is 54.1 Å². The van der Waals surface area contributed by atoms with Crippen LogP contribution in [0.5, 0.6) is 11.5 Å². The van der Waals surface area contributed by atoms with Crippen LogP contribution in [-0.4, -0.2) is 22.6 Å². The molecule has 240 valence electrons. The predicted molar refractivity (Wildman–Crippen MR) is 152 cm³/mol. The van der Waals surface area contributed by atoms with E-state index < -0.39 is 124 Å². The fourth-order valence-electron chi connectivity index (χ4n) is 4.63. The third-order valence-corrected chi connectivity index (χ3v) is 8.99. The lowest BCUT2D eigenvalue weighted by Crippen LogP contribution is -2.26. The summed E-state index contributed by atoms with van der Waals surface area (Å²) in [5, 5.41) is 12.8. The van der Waals surface area contributed by atoms with E-state index in [-0.39, 0.29) is 0 Å². The Kier molecular flexibility index (Phi) is 9.59. The maximum atomic E-state index is 14.9. The van der Waals surface area contributed by atoms with Crippen molar-refractivity contribution in [3.8, 4) is 33.8 Å². The Bertz CT molecular complexity index is 1660. The van der Waals surface area contributed by atoms with Crippen molar-refractivity contribution in [1.82, 2.24) is 0 Å². The van der Waals surface area contributed by atoms with Gasteiger partial charge in [0.05, 0.1) is 10.0 Å². The van der Waals surface area contributed by atoms with Gasteiger partial charge in [-0.1, -0.05) is 23.2 Å². The van der Waals surface area contributed by atoms with Crippen molar-refractivity contribution in [3.63, 3.8) is 0 Å². The average Bonchev–Trinajstić information content (AvgIpc) is 2.89. The van der Waals surface area contributed by atoms with E-state index in [0.29, 0.717) is 48.5 Å². The lowest BCUT2D eigenvalue weighted by molar-refractivity contribution is -0.136. The third kappa shape index (κ3) is 7.10. The second kappa shape index (κ2) is 12.5. The van der Waals surface area contributed by atoms with Gasteiger partial charge in [0.15, 0.2) is 0 Å². The van der Waals surface area contributed by atoms with Gasteiger partial charge in [0.2, 0.25) is 0 Å². The lowest BCUT2D eigenvalue weighted by Gasteiger charge is -2.30. The number of aromatic hydroxyl groups is 2. The van der Waals surface area contributed by atoms with Crippen LogP contribution in [0.3, 0.4) is 0 Å². The Balaban J connectivity index is 1.91. The molecule has 0 amide bonds. The highest BCUT2D eigenvalue weighted by Crippen LogP contribution is 2.56. The molecule has 4 rings (SSSR count). The van der Waals surface area contributed by atoms with Crippen molar-refractivity contribution in [1.29, 1.82) is 0 Å². The van der Waals surface area contributed by atoms with Gasteiger partial charge in [-0.25, -0.2) is 17.6 Å². The molecule has 0 aliphatic rings. The van der Waals surface area contributed by atoms with Crippen LogP contribution in [0.15, 0.2) is 48.5 Å². The molecular weight excluding hydrogens is 685 g/mol. The molecule has 0 spiro atoms. The van der Waals surface area contributed by atoms with E-state index in [2.05, 4.69) is 0 Å². The fourth-order valence-corrected chi connectivity index (χ4v) is 6.32. The molecule has 0 fully saturated rings. The SMILES string of the molecule is Cc1cc(F)c(-c2cc(O)c(Cl)cc2F)cc1C(SC(c1cc(-c2cc(O)c(Cl)cc2F)c(F)cc1C)C(F)(F)F)C(F)(F)F. The van der Waals surface area contributed by atoms with E-state index in [1.54, 1.807) is 0 Å². The summed E-state index contributed by atoms with van der Waals surface area (Å²) in [7, 11) is 0. The van der Waals surface area contributed by atoms with Gasteiger partial charge < -0.3 is 10.2 Å². The first-order valence-electron chi connectivity index (χ1n) is 12.5. The first-order valence-corrected chi connectivity index (χ1v) is 14.2. The van der Waals surface area contributed by atoms with Crippen LogP contribution in [-0.2, 0) is 0 Å². The van der Waals surface area contributed by atoms with Gasteiger partial charge in [-0.05, 0) is 84.6 Å². The minimum atomic E-state index is -5.40. The quantitative estimate of drug-likeness (QED) is 0.197. The number of halogens is 12. The van der Waals surface area contributed by atoms with Gasteiger partial charge >= 0.3 is 12.4 Å². The zero-order valence-corrected chi connectivity index (χ0v) is 24.9. The van der Waals surface area contributed by atoms with E-state index in [1.165, 1.54) is 0 Å². The molecule has 0 saturated carbocycles. The van der Waals surface area contributed by atoms with E-state index in [4.69, 9.17) is 23.2 Å². The lowest BCUT2D eigenvalue weighted by atomic mass is 9.96. The molecule has 2 nitrogen and oxygen atoms in total. The highest BCUT2D eigenvalue weighted by molar-refractivity contribution is 7.99. The van der Waals surface area contributed by atoms with Crippen molar-refractivity contribution in [2.24, 2.45) is 0 Å². The van der Waals surface area contributed by atoms with Crippen molar-refractivity contribution in [3.05, 3.63) is 104 Å². The second-order valence-electron chi connectivity index (χ2n) is 9.92. The summed E-state index contributed by atoms with van der Waals surface area (Å²) in [6.07, 6.45) is -10.8. The predicted octanol–water partition coefficient (Wildman–Crippen LogP) is 11.6. The summed E-state index contributed by atoms with van der Waals surface area (Å²) in [5.41, 5.74) is -5.58. The number of rotatable bonds is 6. The fraction of sp³-hybridized carbons (Fsp3) is 0.200. The van der Waals surface area contributed by atoms with E-state index in [0.717, 1.165) is 13.8 Å². The van der Waals surface area contributed by atoms with Crippen LogP contribution in [0.25, 0.3) is 22.3 Å². The topological polar surface area (TPSA) is 40.5 Å². The van der Waals surface area contributed by atoms with E-state index in [1.807, 2.05) is 0 Å². The highest BCUT2D eigenvalue weighted by atomic mass is 35.5. The van der Waals surface area contributed by atoms with Crippen molar-refractivity contribution >= 4 is 35.0 Å². The standard InChI is InChI=1S/C30H18Cl2F10O2S/c1-11-3-21(33)15(17-7-25(43)19(31)9-23(17)35)5-13(11)27(29(37,38)39)45-28(30(40,41)42)14-6-16(22(34)4-12(14)2)18-8-26(44)20(32)10-24(18)36/h3-10,27-28,43-44H,1-2H3. The summed E-state index contributed by atoms with van der Waals surface area (Å²) in [5.74, 6) is -6.40. The number of benzene rings is 4. The molecule has 2 atom stereocenters. The molecular formula is C30H18Cl2F10O2S. The highest BCUT2D eigenvalue weighted by Gasteiger charge is 2.50. The van der Waals surface area contributed by atoms with Crippen LogP contribution >= 0.6 is 35.0 Å². The molecule has 15 heteroatoms. The monoisotopic (exact) mass is 702 g/mol. The Labute approximate surface area is 263 Å².